The third-order valence-corrected chi connectivity index (χ3v) is 13.0. The van der Waals surface area contributed by atoms with Crippen LogP contribution in [0.3, 0.4) is 0 Å². The number of anilines is 3. The summed E-state index contributed by atoms with van der Waals surface area (Å²) in [5.41, 5.74) is 22.6. The largest absolute Gasteiger partial charge is 0.310 e. The summed E-state index contributed by atoms with van der Waals surface area (Å²) >= 11 is 0. The van der Waals surface area contributed by atoms with Crippen molar-refractivity contribution < 1.29 is 0 Å². The highest BCUT2D eigenvalue weighted by Gasteiger charge is 2.39. The zero-order valence-corrected chi connectivity index (χ0v) is 30.8. The number of hydrogen-bond donors (Lipinski definition) is 0. The van der Waals surface area contributed by atoms with E-state index in [9.17, 15) is 0 Å². The Kier molecular flexibility index (Phi) is 6.26. The molecule has 4 aliphatic rings. The monoisotopic (exact) mass is 679 g/mol. The van der Waals surface area contributed by atoms with Gasteiger partial charge < -0.3 is 4.90 Å². The van der Waals surface area contributed by atoms with Gasteiger partial charge >= 0.3 is 0 Å². The molecule has 0 atom stereocenters. The van der Waals surface area contributed by atoms with Gasteiger partial charge in [0.1, 0.15) is 0 Å². The van der Waals surface area contributed by atoms with Gasteiger partial charge in [-0.1, -0.05) is 149 Å². The van der Waals surface area contributed by atoms with Gasteiger partial charge in [-0.25, -0.2) is 0 Å². The third kappa shape index (κ3) is 4.20. The van der Waals surface area contributed by atoms with Gasteiger partial charge in [-0.05, 0) is 132 Å². The number of allylic oxidation sites excluding steroid dienone is 4. The van der Waals surface area contributed by atoms with Crippen molar-refractivity contribution in [3.8, 4) is 44.5 Å². The molecular weight excluding hydrogens is 639 g/mol. The molecule has 0 unspecified atom stereocenters. The lowest BCUT2D eigenvalue weighted by molar-refractivity contribution is 0.607. The highest BCUT2D eigenvalue weighted by Crippen LogP contribution is 2.54. The van der Waals surface area contributed by atoms with Crippen LogP contribution >= 0.6 is 0 Å². The average Bonchev–Trinajstić information content (AvgIpc) is 3.73. The molecule has 0 saturated carbocycles. The van der Waals surface area contributed by atoms with E-state index < -0.39 is 0 Å². The predicted octanol–water partition coefficient (Wildman–Crippen LogP) is 14.3. The molecule has 0 bridgehead atoms. The van der Waals surface area contributed by atoms with Gasteiger partial charge in [0.05, 0.1) is 0 Å². The van der Waals surface area contributed by atoms with E-state index in [2.05, 4.69) is 184 Å². The Morgan fingerprint density at radius 2 is 1.02 bits per heavy atom. The molecule has 7 aromatic rings. The van der Waals surface area contributed by atoms with Crippen LogP contribution < -0.4 is 4.90 Å². The zero-order chi connectivity index (χ0) is 35.6. The second kappa shape index (κ2) is 10.8. The molecule has 254 valence electrons. The van der Waals surface area contributed by atoms with E-state index in [4.69, 9.17) is 0 Å². The second-order valence-corrected chi connectivity index (χ2v) is 16.4. The Hall–Kier alpha value is -5.92. The average molecular weight is 680 g/mol. The number of rotatable bonds is 4. The Labute approximate surface area is 312 Å². The van der Waals surface area contributed by atoms with Crippen molar-refractivity contribution in [3.05, 3.63) is 180 Å². The molecule has 0 aromatic heterocycles. The van der Waals surface area contributed by atoms with Crippen molar-refractivity contribution in [2.24, 2.45) is 0 Å². The van der Waals surface area contributed by atoms with Crippen LogP contribution in [0.4, 0.5) is 17.1 Å². The molecule has 1 nitrogen and oxygen atoms in total. The number of hydrogen-bond acceptors (Lipinski definition) is 1. The van der Waals surface area contributed by atoms with Crippen molar-refractivity contribution in [2.45, 2.75) is 51.4 Å². The number of fused-ring (bicyclic) bond motifs is 8. The summed E-state index contributed by atoms with van der Waals surface area (Å²) in [7, 11) is 0. The van der Waals surface area contributed by atoms with Gasteiger partial charge in [0, 0.05) is 27.9 Å². The van der Waals surface area contributed by atoms with E-state index in [1.165, 1.54) is 94.5 Å². The van der Waals surface area contributed by atoms with E-state index >= 15 is 0 Å². The fraction of sp³-hybridized carbons (Fsp3) is 0.154. The lowest BCUT2D eigenvalue weighted by Crippen LogP contribution is -2.19. The van der Waals surface area contributed by atoms with Gasteiger partial charge in [-0.3, -0.25) is 0 Å². The summed E-state index contributed by atoms with van der Waals surface area (Å²) in [6, 6.07) is 52.8. The summed E-state index contributed by atoms with van der Waals surface area (Å²) in [6.45, 7) is 9.58. The van der Waals surface area contributed by atoms with E-state index in [0.717, 1.165) is 18.5 Å². The normalized spacial score (nSPS) is 16.3. The quantitative estimate of drug-likeness (QED) is 0.179. The van der Waals surface area contributed by atoms with E-state index in [1.807, 2.05) is 0 Å². The molecule has 0 aliphatic heterocycles. The first-order valence-electron chi connectivity index (χ1n) is 19.2. The molecule has 0 amide bonds. The molecule has 0 fully saturated rings. The fourth-order valence-electron chi connectivity index (χ4n) is 10.3. The van der Waals surface area contributed by atoms with Crippen LogP contribution in [0.15, 0.2) is 157 Å². The van der Waals surface area contributed by atoms with Crippen LogP contribution in [0.2, 0.25) is 0 Å². The Bertz CT molecular complexity index is 2740. The van der Waals surface area contributed by atoms with E-state index in [1.54, 1.807) is 5.57 Å². The Balaban J connectivity index is 1.06. The molecular formula is C52H41N. The van der Waals surface area contributed by atoms with Crippen LogP contribution in [-0.2, 0) is 10.8 Å². The van der Waals surface area contributed by atoms with Crippen molar-refractivity contribution in [1.29, 1.82) is 0 Å². The van der Waals surface area contributed by atoms with Gasteiger partial charge in [0.25, 0.3) is 0 Å². The Morgan fingerprint density at radius 1 is 0.453 bits per heavy atom. The van der Waals surface area contributed by atoms with Gasteiger partial charge in [-0.2, -0.15) is 0 Å². The van der Waals surface area contributed by atoms with Crippen LogP contribution in [0.25, 0.3) is 60.9 Å². The first-order chi connectivity index (χ1) is 25.8. The second-order valence-electron chi connectivity index (χ2n) is 16.4. The van der Waals surface area contributed by atoms with Crippen molar-refractivity contribution in [3.63, 3.8) is 0 Å². The summed E-state index contributed by atoms with van der Waals surface area (Å²) in [5, 5.41) is 2.68. The molecule has 7 aromatic carbocycles. The van der Waals surface area contributed by atoms with Gasteiger partial charge in [0.15, 0.2) is 0 Å². The van der Waals surface area contributed by atoms with E-state index in [0.29, 0.717) is 0 Å². The molecule has 53 heavy (non-hydrogen) atoms. The van der Waals surface area contributed by atoms with Crippen LogP contribution in [0.5, 0.6) is 0 Å². The zero-order valence-electron chi connectivity index (χ0n) is 30.8. The molecule has 4 aliphatic carbocycles. The minimum absolute atomic E-state index is 0.00202. The lowest BCUT2D eigenvalue weighted by Gasteiger charge is -2.30. The first-order valence-corrected chi connectivity index (χ1v) is 19.2. The smallest absolute Gasteiger partial charge is 0.0465 e. The number of benzene rings is 7. The topological polar surface area (TPSA) is 3.24 Å². The summed E-state index contributed by atoms with van der Waals surface area (Å²) in [5.74, 6) is 0. The minimum atomic E-state index is -0.0812. The molecule has 0 radical (unpaired) electrons. The third-order valence-electron chi connectivity index (χ3n) is 13.0. The highest BCUT2D eigenvalue weighted by atomic mass is 15.1. The molecule has 0 spiro atoms. The minimum Gasteiger partial charge on any atom is -0.310 e. The molecule has 1 heteroatoms. The lowest BCUT2D eigenvalue weighted by atomic mass is 9.78. The number of nitrogens with zero attached hydrogens (tertiary/aromatic N) is 1. The highest BCUT2D eigenvalue weighted by molar-refractivity contribution is 6.18. The Morgan fingerprint density at radius 3 is 1.77 bits per heavy atom. The molecule has 0 N–H and O–H groups in total. The standard InChI is InChI=1S/C52H41N/c1-51(2)46-18-9-7-14-39(46)41-26-24-34(30-48(41)51)53(35-25-27-42-40-15-8-10-19-47(40)52(3,4)49(42)31-35)33-22-20-32(21-23-33)36-28-29-45-38-13-6-5-12-37(38)44-17-11-16-43(36)50(44)45/h5-9,11-18,20-31H,10,19H2,1-4H3. The van der Waals surface area contributed by atoms with Gasteiger partial charge in [-0.15, -0.1) is 0 Å². The first kappa shape index (κ1) is 30.7. The SMILES string of the molecule is CC1(C)C2=C(C=CCC2)c2ccc(N(c3ccc(-c4ccc5c6c(cccc46)-c4ccccc4-5)cc3)c3ccc4c(c3)C(C)(C)c3ccccc3-4)cc21. The van der Waals surface area contributed by atoms with Crippen LogP contribution in [-0.4, -0.2) is 0 Å². The van der Waals surface area contributed by atoms with Crippen molar-refractivity contribution in [2.75, 3.05) is 4.90 Å². The van der Waals surface area contributed by atoms with E-state index in [-0.39, 0.29) is 10.8 Å². The summed E-state index contributed by atoms with van der Waals surface area (Å²) < 4.78 is 0. The van der Waals surface area contributed by atoms with Gasteiger partial charge in [0.2, 0.25) is 0 Å². The maximum atomic E-state index is 2.48. The van der Waals surface area contributed by atoms with Crippen LogP contribution in [0.1, 0.15) is 62.8 Å². The van der Waals surface area contributed by atoms with Crippen molar-refractivity contribution >= 4 is 33.4 Å². The maximum Gasteiger partial charge on any atom is 0.0465 e. The van der Waals surface area contributed by atoms with Crippen molar-refractivity contribution in [1.82, 2.24) is 0 Å². The molecule has 0 saturated heterocycles. The summed E-state index contributed by atoms with van der Waals surface area (Å²) in [6.07, 6.45) is 6.97. The van der Waals surface area contributed by atoms with Crippen LogP contribution in [0, 0.1) is 0 Å². The maximum absolute atomic E-state index is 2.48. The molecule has 0 heterocycles. The summed E-state index contributed by atoms with van der Waals surface area (Å²) in [4.78, 5) is 2.48. The fourth-order valence-corrected chi connectivity index (χ4v) is 10.3. The predicted molar refractivity (Wildman–Crippen MR) is 224 cm³/mol. The molecule has 11 rings (SSSR count).